The third kappa shape index (κ3) is 4.49. The summed E-state index contributed by atoms with van der Waals surface area (Å²) in [7, 11) is 0. The summed E-state index contributed by atoms with van der Waals surface area (Å²) in [5.41, 5.74) is 6.70. The fourth-order valence-corrected chi connectivity index (χ4v) is 1.29. The highest BCUT2D eigenvalue weighted by Crippen LogP contribution is 2.19. The topological polar surface area (TPSA) is 35.2 Å². The minimum absolute atomic E-state index is 0. The van der Waals surface area contributed by atoms with Crippen LogP contribution >= 0.6 is 12.4 Å². The zero-order valence-corrected chi connectivity index (χ0v) is 9.60. The fourth-order valence-electron chi connectivity index (χ4n) is 1.29. The molecule has 15 heavy (non-hydrogen) atoms. The minimum atomic E-state index is -0.389. The monoisotopic (exact) mass is 233 g/mol. The van der Waals surface area contributed by atoms with Gasteiger partial charge in [0.1, 0.15) is 5.75 Å². The van der Waals surface area contributed by atoms with Gasteiger partial charge in [-0.2, -0.15) is 0 Å². The lowest BCUT2D eigenvalue weighted by Crippen LogP contribution is -2.10. The Kier molecular flexibility index (Phi) is 7.09. The Labute approximate surface area is 96.0 Å². The van der Waals surface area contributed by atoms with Crippen molar-refractivity contribution in [1.29, 1.82) is 0 Å². The van der Waals surface area contributed by atoms with Crippen molar-refractivity contribution in [2.45, 2.75) is 19.4 Å². The van der Waals surface area contributed by atoms with E-state index in [4.69, 9.17) is 10.5 Å². The van der Waals surface area contributed by atoms with Crippen LogP contribution in [-0.4, -0.2) is 13.3 Å². The van der Waals surface area contributed by atoms with Gasteiger partial charge in [0.05, 0.1) is 13.3 Å². The molecule has 0 fully saturated rings. The van der Waals surface area contributed by atoms with E-state index in [1.54, 1.807) is 0 Å². The van der Waals surface area contributed by atoms with Crippen molar-refractivity contribution in [3.63, 3.8) is 0 Å². The largest absolute Gasteiger partial charge is 0.494 e. The van der Waals surface area contributed by atoms with Crippen LogP contribution in [0.15, 0.2) is 24.3 Å². The second-order valence-electron chi connectivity index (χ2n) is 3.09. The summed E-state index contributed by atoms with van der Waals surface area (Å²) < 4.78 is 17.4. The highest BCUT2D eigenvalue weighted by atomic mass is 35.5. The molecule has 0 heterocycles. The zero-order valence-electron chi connectivity index (χ0n) is 8.78. The van der Waals surface area contributed by atoms with Crippen LogP contribution in [0.2, 0.25) is 0 Å². The summed E-state index contributed by atoms with van der Waals surface area (Å²) in [6.45, 7) is 2.16. The van der Waals surface area contributed by atoms with Crippen LogP contribution < -0.4 is 10.5 Å². The Bertz CT molecular complexity index is 283. The number of hydrogen-bond donors (Lipinski definition) is 1. The van der Waals surface area contributed by atoms with Gasteiger partial charge in [0.15, 0.2) is 0 Å². The number of benzene rings is 1. The van der Waals surface area contributed by atoms with Gasteiger partial charge in [0.25, 0.3) is 0 Å². The van der Waals surface area contributed by atoms with Gasteiger partial charge >= 0.3 is 0 Å². The van der Waals surface area contributed by atoms with E-state index in [0.717, 1.165) is 11.3 Å². The highest BCUT2D eigenvalue weighted by Gasteiger charge is 2.06. The van der Waals surface area contributed by atoms with E-state index in [9.17, 15) is 4.39 Å². The molecule has 1 atom stereocenters. The van der Waals surface area contributed by atoms with Gasteiger partial charge in [-0.25, -0.2) is 0 Å². The van der Waals surface area contributed by atoms with E-state index in [1.165, 1.54) is 0 Å². The number of nitrogens with two attached hydrogens (primary N) is 1. The molecule has 4 heteroatoms. The summed E-state index contributed by atoms with van der Waals surface area (Å²) in [5.74, 6) is 0.791. The fraction of sp³-hybridized carbons (Fsp3) is 0.455. The number of ether oxygens (including phenoxy) is 1. The van der Waals surface area contributed by atoms with Gasteiger partial charge in [-0.15, -0.1) is 12.4 Å². The van der Waals surface area contributed by atoms with Crippen LogP contribution in [0.4, 0.5) is 4.39 Å². The van der Waals surface area contributed by atoms with Crippen molar-refractivity contribution in [1.82, 2.24) is 0 Å². The van der Waals surface area contributed by atoms with Gasteiger partial charge in [0.2, 0.25) is 0 Å². The molecule has 86 valence electrons. The molecule has 0 aliphatic carbocycles. The van der Waals surface area contributed by atoms with E-state index in [-0.39, 0.29) is 25.1 Å². The number of rotatable bonds is 5. The van der Waals surface area contributed by atoms with Crippen molar-refractivity contribution in [3.8, 4) is 5.75 Å². The zero-order chi connectivity index (χ0) is 10.4. The average Bonchev–Trinajstić information content (AvgIpc) is 2.19. The first kappa shape index (κ1) is 14.2. The first-order valence-corrected chi connectivity index (χ1v) is 4.82. The maximum absolute atomic E-state index is 12.1. The standard InChI is InChI=1S/C11H16FNO.ClH/c1-2-14-10-5-3-4-9(8-10)11(13)6-7-12;/h3-5,8,11H,2,6-7,13H2,1H3;1H/t11-;/m0./s1. The molecule has 2 nitrogen and oxygen atoms in total. The molecule has 0 saturated heterocycles. The van der Waals surface area contributed by atoms with Crippen molar-refractivity contribution in [3.05, 3.63) is 29.8 Å². The minimum Gasteiger partial charge on any atom is -0.494 e. The lowest BCUT2D eigenvalue weighted by atomic mass is 10.1. The van der Waals surface area contributed by atoms with Crippen LogP contribution in [0.3, 0.4) is 0 Å². The van der Waals surface area contributed by atoms with E-state index in [2.05, 4.69) is 0 Å². The molecule has 1 aromatic rings. The predicted molar refractivity (Wildman–Crippen MR) is 62.4 cm³/mol. The van der Waals surface area contributed by atoms with Gasteiger partial charge in [-0.05, 0) is 31.0 Å². The van der Waals surface area contributed by atoms with Gasteiger partial charge in [-0.1, -0.05) is 12.1 Å². The Morgan fingerprint density at radius 2 is 2.20 bits per heavy atom. The summed E-state index contributed by atoms with van der Waals surface area (Å²) in [5, 5.41) is 0. The van der Waals surface area contributed by atoms with E-state index in [1.807, 2.05) is 31.2 Å². The third-order valence-electron chi connectivity index (χ3n) is 2.02. The second-order valence-corrected chi connectivity index (χ2v) is 3.09. The van der Waals surface area contributed by atoms with E-state index in [0.29, 0.717) is 13.0 Å². The maximum Gasteiger partial charge on any atom is 0.119 e. The molecule has 0 saturated carbocycles. The van der Waals surface area contributed by atoms with Crippen LogP contribution in [0.1, 0.15) is 24.9 Å². The van der Waals surface area contributed by atoms with Gasteiger partial charge in [-0.3, -0.25) is 4.39 Å². The molecule has 0 bridgehead atoms. The molecular weight excluding hydrogens is 217 g/mol. The normalized spacial score (nSPS) is 11.7. The smallest absolute Gasteiger partial charge is 0.119 e. The number of halogens is 2. The molecule has 0 aliphatic heterocycles. The Hall–Kier alpha value is -0.800. The molecule has 2 N–H and O–H groups in total. The summed E-state index contributed by atoms with van der Waals surface area (Å²) in [6, 6.07) is 7.26. The van der Waals surface area contributed by atoms with Crippen molar-refractivity contribution in [2.75, 3.05) is 13.3 Å². The summed E-state index contributed by atoms with van der Waals surface area (Å²) >= 11 is 0. The third-order valence-corrected chi connectivity index (χ3v) is 2.02. The van der Waals surface area contributed by atoms with Crippen molar-refractivity contribution in [2.24, 2.45) is 5.73 Å². The first-order chi connectivity index (χ1) is 6.77. The first-order valence-electron chi connectivity index (χ1n) is 4.82. The van der Waals surface area contributed by atoms with Crippen LogP contribution in [0.25, 0.3) is 0 Å². The Morgan fingerprint density at radius 3 is 2.80 bits per heavy atom. The summed E-state index contributed by atoms with van der Waals surface area (Å²) in [6.07, 6.45) is 0.357. The van der Waals surface area contributed by atoms with Crippen molar-refractivity contribution < 1.29 is 9.13 Å². The molecule has 1 aromatic carbocycles. The van der Waals surface area contributed by atoms with Crippen molar-refractivity contribution >= 4 is 12.4 Å². The van der Waals surface area contributed by atoms with E-state index < -0.39 is 0 Å². The van der Waals surface area contributed by atoms with Crippen LogP contribution in [-0.2, 0) is 0 Å². The average molecular weight is 234 g/mol. The lowest BCUT2D eigenvalue weighted by Gasteiger charge is -2.11. The number of hydrogen-bond acceptors (Lipinski definition) is 2. The SMILES string of the molecule is CCOc1cccc([C@@H](N)CCF)c1.Cl. The van der Waals surface area contributed by atoms with Gasteiger partial charge < -0.3 is 10.5 Å². The second kappa shape index (κ2) is 7.49. The van der Waals surface area contributed by atoms with Crippen LogP contribution in [0, 0.1) is 0 Å². The van der Waals surface area contributed by atoms with E-state index >= 15 is 0 Å². The molecule has 0 unspecified atom stereocenters. The molecule has 0 aliphatic rings. The Balaban J connectivity index is 0.00000196. The summed E-state index contributed by atoms with van der Waals surface area (Å²) in [4.78, 5) is 0. The molecule has 0 spiro atoms. The molecule has 0 aromatic heterocycles. The predicted octanol–water partition coefficient (Wildman–Crippen LogP) is 2.87. The molecule has 0 amide bonds. The highest BCUT2D eigenvalue weighted by molar-refractivity contribution is 5.85. The number of alkyl halides is 1. The van der Waals surface area contributed by atoms with Gasteiger partial charge in [0, 0.05) is 6.04 Å². The molecular formula is C11H17ClFNO. The molecule has 1 rings (SSSR count). The molecule has 0 radical (unpaired) electrons. The Morgan fingerprint density at radius 1 is 1.47 bits per heavy atom. The maximum atomic E-state index is 12.1. The van der Waals surface area contributed by atoms with Crippen LogP contribution in [0.5, 0.6) is 5.75 Å². The quantitative estimate of drug-likeness (QED) is 0.849. The lowest BCUT2D eigenvalue weighted by molar-refractivity contribution is 0.339.